The maximum Gasteiger partial charge on any atom is 0.418 e. The first-order valence-corrected chi connectivity index (χ1v) is 8.67. The normalized spacial score (nSPS) is 13.5. The van der Waals surface area contributed by atoms with Crippen molar-refractivity contribution in [3.8, 4) is 5.69 Å². The number of nitrogens with one attached hydrogen (secondary N) is 1. The van der Waals surface area contributed by atoms with Crippen LogP contribution in [0, 0.1) is 5.82 Å². The zero-order chi connectivity index (χ0) is 19.2. The average molecular weight is 396 g/mol. The highest BCUT2D eigenvalue weighted by atomic mass is 35.5. The van der Waals surface area contributed by atoms with Crippen molar-refractivity contribution in [1.82, 2.24) is 9.78 Å². The van der Waals surface area contributed by atoms with Crippen LogP contribution in [0.1, 0.15) is 22.4 Å². The smallest absolute Gasteiger partial charge is 0.369 e. The monoisotopic (exact) mass is 395 g/mol. The lowest BCUT2D eigenvalue weighted by Gasteiger charge is -2.15. The van der Waals surface area contributed by atoms with Crippen LogP contribution in [0.4, 0.5) is 23.4 Å². The molecule has 0 fully saturated rings. The SMILES string of the molecule is Fc1ccccc1Cc1nn(-c2ccc(Cl)cc2C(F)(F)F)c2c1CCN2. The predicted molar refractivity (Wildman–Crippen MR) is 95.0 cm³/mol. The molecule has 0 saturated heterocycles. The van der Waals surface area contributed by atoms with Gasteiger partial charge in [-0.25, -0.2) is 9.07 Å². The Labute approximate surface area is 157 Å². The zero-order valence-corrected chi connectivity index (χ0v) is 14.7. The topological polar surface area (TPSA) is 29.9 Å². The Balaban J connectivity index is 1.84. The van der Waals surface area contributed by atoms with Gasteiger partial charge in [0.2, 0.25) is 0 Å². The quantitative estimate of drug-likeness (QED) is 0.614. The van der Waals surface area contributed by atoms with Gasteiger partial charge in [0.15, 0.2) is 0 Å². The lowest BCUT2D eigenvalue weighted by Crippen LogP contribution is -2.13. The molecule has 0 spiro atoms. The van der Waals surface area contributed by atoms with Crippen LogP contribution >= 0.6 is 11.6 Å². The van der Waals surface area contributed by atoms with Crippen molar-refractivity contribution in [2.75, 3.05) is 11.9 Å². The van der Waals surface area contributed by atoms with Gasteiger partial charge in [-0.15, -0.1) is 0 Å². The summed E-state index contributed by atoms with van der Waals surface area (Å²) in [6.07, 6.45) is -3.75. The molecular weight excluding hydrogens is 382 g/mol. The van der Waals surface area contributed by atoms with E-state index < -0.39 is 11.7 Å². The Morgan fingerprint density at radius 1 is 1.15 bits per heavy atom. The van der Waals surface area contributed by atoms with E-state index in [-0.39, 0.29) is 22.9 Å². The number of aromatic nitrogens is 2. The molecule has 3 nitrogen and oxygen atoms in total. The first-order chi connectivity index (χ1) is 12.8. The van der Waals surface area contributed by atoms with Crippen LogP contribution < -0.4 is 5.32 Å². The van der Waals surface area contributed by atoms with E-state index >= 15 is 0 Å². The molecule has 1 aliphatic rings. The highest BCUT2D eigenvalue weighted by Gasteiger charge is 2.36. The second-order valence-electron chi connectivity index (χ2n) is 6.29. The molecule has 0 bridgehead atoms. The number of halogens is 5. The van der Waals surface area contributed by atoms with Gasteiger partial charge in [0.05, 0.1) is 16.9 Å². The van der Waals surface area contributed by atoms with Crippen molar-refractivity contribution in [2.24, 2.45) is 0 Å². The number of anilines is 1. The summed E-state index contributed by atoms with van der Waals surface area (Å²) < 4.78 is 55.8. The lowest BCUT2D eigenvalue weighted by molar-refractivity contribution is -0.137. The first kappa shape index (κ1) is 17.9. The third-order valence-electron chi connectivity index (χ3n) is 4.54. The molecule has 0 atom stereocenters. The van der Waals surface area contributed by atoms with Crippen LogP contribution in [0.5, 0.6) is 0 Å². The van der Waals surface area contributed by atoms with E-state index in [1.54, 1.807) is 18.2 Å². The highest BCUT2D eigenvalue weighted by Crippen LogP contribution is 2.38. The summed E-state index contributed by atoms with van der Waals surface area (Å²) in [7, 11) is 0. The molecule has 1 aromatic heterocycles. The standard InChI is InChI=1S/C19H14ClF4N3/c20-12-5-6-17(14(10-12)19(22,23)24)27-18-13(7-8-25-18)16(26-27)9-11-3-1-2-4-15(11)21/h1-6,10,25H,7-9H2. The second kappa shape index (κ2) is 6.56. The Bertz CT molecular complexity index is 1010. The van der Waals surface area contributed by atoms with E-state index in [0.717, 1.165) is 11.6 Å². The van der Waals surface area contributed by atoms with Crippen molar-refractivity contribution in [3.63, 3.8) is 0 Å². The molecule has 2 aromatic carbocycles. The van der Waals surface area contributed by atoms with Gasteiger partial charge in [-0.1, -0.05) is 29.8 Å². The first-order valence-electron chi connectivity index (χ1n) is 8.30. The van der Waals surface area contributed by atoms with E-state index in [1.165, 1.54) is 22.9 Å². The Morgan fingerprint density at radius 3 is 2.67 bits per heavy atom. The van der Waals surface area contributed by atoms with Crippen LogP contribution in [0.25, 0.3) is 5.69 Å². The maximum atomic E-state index is 14.0. The van der Waals surface area contributed by atoms with Gasteiger partial charge in [0, 0.05) is 23.6 Å². The number of fused-ring (bicyclic) bond motifs is 1. The third kappa shape index (κ3) is 3.27. The van der Waals surface area contributed by atoms with Crippen LogP contribution in [0.2, 0.25) is 5.02 Å². The predicted octanol–water partition coefficient (Wildman–Crippen LogP) is 5.24. The summed E-state index contributed by atoms with van der Waals surface area (Å²) in [6.45, 7) is 0.590. The summed E-state index contributed by atoms with van der Waals surface area (Å²) in [6, 6.07) is 9.88. The van der Waals surface area contributed by atoms with Crippen molar-refractivity contribution in [1.29, 1.82) is 0 Å². The summed E-state index contributed by atoms with van der Waals surface area (Å²) in [5, 5.41) is 7.47. The molecule has 4 rings (SSSR count). The molecule has 0 saturated carbocycles. The lowest BCUT2D eigenvalue weighted by atomic mass is 10.1. The molecule has 0 amide bonds. The van der Waals surface area contributed by atoms with Gasteiger partial charge in [-0.05, 0) is 36.2 Å². The number of alkyl halides is 3. The number of benzene rings is 2. The molecular formula is C19H14ClF4N3. The minimum atomic E-state index is -4.58. The van der Waals surface area contributed by atoms with Gasteiger partial charge in [0.25, 0.3) is 0 Å². The van der Waals surface area contributed by atoms with Gasteiger partial charge < -0.3 is 5.32 Å². The Morgan fingerprint density at radius 2 is 1.93 bits per heavy atom. The van der Waals surface area contributed by atoms with Gasteiger partial charge >= 0.3 is 6.18 Å². The molecule has 1 N–H and O–H groups in total. The van der Waals surface area contributed by atoms with Crippen LogP contribution in [-0.2, 0) is 19.0 Å². The zero-order valence-electron chi connectivity index (χ0n) is 13.9. The van der Waals surface area contributed by atoms with E-state index in [2.05, 4.69) is 10.4 Å². The fraction of sp³-hybridized carbons (Fsp3) is 0.211. The minimum absolute atomic E-state index is 0.00517. The Kier molecular flexibility index (Phi) is 4.34. The van der Waals surface area contributed by atoms with Gasteiger partial charge in [-0.2, -0.15) is 18.3 Å². The van der Waals surface area contributed by atoms with Crippen LogP contribution in [-0.4, -0.2) is 16.3 Å². The summed E-state index contributed by atoms with van der Waals surface area (Å²) in [5.41, 5.74) is 0.831. The molecule has 0 unspecified atom stereocenters. The summed E-state index contributed by atoms with van der Waals surface area (Å²) in [4.78, 5) is 0. The number of hydrogen-bond acceptors (Lipinski definition) is 2. The second-order valence-corrected chi connectivity index (χ2v) is 6.73. The van der Waals surface area contributed by atoms with Crippen molar-refractivity contribution < 1.29 is 17.6 Å². The number of rotatable bonds is 3. The van der Waals surface area contributed by atoms with E-state index in [4.69, 9.17) is 11.6 Å². The van der Waals surface area contributed by atoms with Crippen molar-refractivity contribution in [3.05, 3.63) is 75.7 Å². The maximum absolute atomic E-state index is 14.0. The molecule has 0 aliphatic carbocycles. The number of hydrogen-bond donors (Lipinski definition) is 1. The summed E-state index contributed by atoms with van der Waals surface area (Å²) in [5.74, 6) is 0.142. The van der Waals surface area contributed by atoms with E-state index in [0.29, 0.717) is 30.0 Å². The largest absolute Gasteiger partial charge is 0.418 e. The molecule has 8 heteroatoms. The van der Waals surface area contributed by atoms with Crippen LogP contribution in [0.3, 0.4) is 0 Å². The molecule has 1 aliphatic heterocycles. The molecule has 0 radical (unpaired) electrons. The number of nitrogens with zero attached hydrogens (tertiary/aromatic N) is 2. The highest BCUT2D eigenvalue weighted by molar-refractivity contribution is 6.30. The van der Waals surface area contributed by atoms with Crippen LogP contribution in [0.15, 0.2) is 42.5 Å². The van der Waals surface area contributed by atoms with E-state index in [9.17, 15) is 17.6 Å². The minimum Gasteiger partial charge on any atom is -0.369 e. The van der Waals surface area contributed by atoms with Crippen molar-refractivity contribution in [2.45, 2.75) is 19.0 Å². The average Bonchev–Trinajstić information content (AvgIpc) is 3.20. The molecule has 2 heterocycles. The van der Waals surface area contributed by atoms with Gasteiger partial charge in [-0.3, -0.25) is 0 Å². The third-order valence-corrected chi connectivity index (χ3v) is 4.78. The van der Waals surface area contributed by atoms with Crippen molar-refractivity contribution >= 4 is 17.4 Å². The summed E-state index contributed by atoms with van der Waals surface area (Å²) >= 11 is 5.77. The molecule has 27 heavy (non-hydrogen) atoms. The molecule has 140 valence electrons. The van der Waals surface area contributed by atoms with E-state index in [1.807, 2.05) is 0 Å². The molecule has 3 aromatic rings. The fourth-order valence-corrected chi connectivity index (χ4v) is 3.48. The fourth-order valence-electron chi connectivity index (χ4n) is 3.30. The Hall–Kier alpha value is -2.54. The van der Waals surface area contributed by atoms with Gasteiger partial charge in [0.1, 0.15) is 11.6 Å².